The number of benzene rings is 1. The molecule has 0 saturated heterocycles. The molecule has 24 heavy (non-hydrogen) atoms. The number of aliphatic hydroxyl groups is 1. The quantitative estimate of drug-likeness (QED) is 0.307. The van der Waals surface area contributed by atoms with Crippen molar-refractivity contribution in [3.05, 3.63) is 39.4 Å². The number of amides is 3. The number of non-ortho nitro benzene ring substituents is 1. The summed E-state index contributed by atoms with van der Waals surface area (Å²) in [6.45, 7) is 0.0444. The summed E-state index contributed by atoms with van der Waals surface area (Å²) in [4.78, 5) is 47.1. The van der Waals surface area contributed by atoms with Crippen LogP contribution in [0.2, 0.25) is 0 Å². The molecule has 0 spiro atoms. The van der Waals surface area contributed by atoms with Gasteiger partial charge in [0.05, 0.1) is 16.1 Å². The number of hydrogen-bond donors (Lipinski definition) is 2. The minimum Gasteiger partial charge on any atom is -0.396 e. The van der Waals surface area contributed by atoms with Gasteiger partial charge in [-0.25, -0.2) is 0 Å². The monoisotopic (exact) mass is 335 g/mol. The average molecular weight is 335 g/mol. The van der Waals surface area contributed by atoms with Gasteiger partial charge in [-0.1, -0.05) is 0 Å². The molecule has 1 aliphatic heterocycles. The molecule has 128 valence electrons. The largest absolute Gasteiger partial charge is 0.396 e. The molecule has 0 saturated carbocycles. The molecule has 0 aliphatic carbocycles. The van der Waals surface area contributed by atoms with Crippen LogP contribution in [0.3, 0.4) is 0 Å². The van der Waals surface area contributed by atoms with Gasteiger partial charge in [-0.05, 0) is 25.3 Å². The minimum absolute atomic E-state index is 0.0568. The summed E-state index contributed by atoms with van der Waals surface area (Å²) in [5, 5.41) is 22.0. The molecule has 2 rings (SSSR count). The van der Waals surface area contributed by atoms with E-state index in [0.29, 0.717) is 19.4 Å². The molecular weight excluding hydrogens is 318 g/mol. The second-order valence-corrected chi connectivity index (χ2v) is 5.32. The summed E-state index contributed by atoms with van der Waals surface area (Å²) < 4.78 is 0. The zero-order valence-electron chi connectivity index (χ0n) is 12.9. The molecule has 1 aromatic rings. The van der Waals surface area contributed by atoms with Gasteiger partial charge in [0, 0.05) is 25.3 Å². The molecule has 3 amide bonds. The fourth-order valence-corrected chi connectivity index (χ4v) is 2.38. The van der Waals surface area contributed by atoms with Crippen molar-refractivity contribution in [2.45, 2.75) is 19.3 Å². The lowest BCUT2D eigenvalue weighted by Gasteiger charge is -2.13. The fourth-order valence-electron chi connectivity index (χ4n) is 2.38. The lowest BCUT2D eigenvalue weighted by atomic mass is 10.1. The summed E-state index contributed by atoms with van der Waals surface area (Å²) in [5.41, 5.74) is -0.295. The maximum Gasteiger partial charge on any atom is 0.270 e. The van der Waals surface area contributed by atoms with Crippen LogP contribution >= 0.6 is 0 Å². The highest BCUT2D eigenvalue weighted by Gasteiger charge is 2.37. The molecule has 0 aromatic heterocycles. The van der Waals surface area contributed by atoms with Crippen molar-refractivity contribution in [3.63, 3.8) is 0 Å². The number of nitro benzene ring substituents is 1. The highest BCUT2D eigenvalue weighted by Crippen LogP contribution is 2.26. The third-order valence-electron chi connectivity index (χ3n) is 3.62. The first kappa shape index (κ1) is 17.5. The Balaban J connectivity index is 1.98. The maximum atomic E-state index is 12.2. The lowest BCUT2D eigenvalue weighted by Crippen LogP contribution is -2.40. The Morgan fingerprint density at radius 1 is 1.17 bits per heavy atom. The molecule has 1 aliphatic rings. The number of carbonyl (C=O) groups excluding carboxylic acids is 3. The van der Waals surface area contributed by atoms with Crippen LogP contribution in [-0.2, 0) is 4.79 Å². The number of fused-ring (bicyclic) bond motifs is 1. The van der Waals surface area contributed by atoms with Crippen molar-refractivity contribution < 1.29 is 24.4 Å². The molecule has 0 fully saturated rings. The summed E-state index contributed by atoms with van der Waals surface area (Å²) in [6.07, 6.45) is 2.08. The summed E-state index contributed by atoms with van der Waals surface area (Å²) >= 11 is 0. The summed E-state index contributed by atoms with van der Waals surface area (Å²) in [7, 11) is 0. The van der Waals surface area contributed by atoms with E-state index in [1.54, 1.807) is 0 Å². The van der Waals surface area contributed by atoms with Crippen LogP contribution in [0.5, 0.6) is 0 Å². The van der Waals surface area contributed by atoms with Crippen LogP contribution in [0.15, 0.2) is 18.2 Å². The molecule has 2 N–H and O–H groups in total. The molecule has 1 heterocycles. The van der Waals surface area contributed by atoms with Gasteiger partial charge in [0.2, 0.25) is 5.91 Å². The van der Waals surface area contributed by atoms with Crippen molar-refractivity contribution in [1.29, 1.82) is 0 Å². The van der Waals surface area contributed by atoms with Crippen LogP contribution in [0.1, 0.15) is 40.0 Å². The average Bonchev–Trinajstić information content (AvgIpc) is 2.79. The van der Waals surface area contributed by atoms with Gasteiger partial charge in [0.1, 0.15) is 6.54 Å². The highest BCUT2D eigenvalue weighted by molar-refractivity contribution is 6.22. The number of carbonyl (C=O) groups is 3. The molecule has 0 bridgehead atoms. The second-order valence-electron chi connectivity index (χ2n) is 5.32. The number of hydrogen-bond acceptors (Lipinski definition) is 6. The van der Waals surface area contributed by atoms with Crippen molar-refractivity contribution in [1.82, 2.24) is 10.2 Å². The maximum absolute atomic E-state index is 12.2. The van der Waals surface area contributed by atoms with Crippen molar-refractivity contribution >= 4 is 23.4 Å². The second kappa shape index (κ2) is 7.64. The van der Waals surface area contributed by atoms with E-state index in [-0.39, 0.29) is 23.4 Å². The van der Waals surface area contributed by atoms with Crippen LogP contribution in [0.4, 0.5) is 5.69 Å². The predicted octanol–water partition coefficient (Wildman–Crippen LogP) is 0.470. The fraction of sp³-hybridized carbons (Fsp3) is 0.400. The van der Waals surface area contributed by atoms with Gasteiger partial charge >= 0.3 is 0 Å². The van der Waals surface area contributed by atoms with E-state index in [9.17, 15) is 24.5 Å². The zero-order valence-corrected chi connectivity index (χ0v) is 12.9. The van der Waals surface area contributed by atoms with Gasteiger partial charge < -0.3 is 10.4 Å². The standard InChI is InChI=1S/C15H17N3O6/c19-7-3-1-2-6-16-13(20)9-17-14(21)11-5-4-10(18(23)24)8-12(11)15(17)22/h4-5,8,19H,1-3,6-7,9H2,(H,16,20). The first-order chi connectivity index (χ1) is 11.5. The van der Waals surface area contributed by atoms with Crippen LogP contribution in [0.25, 0.3) is 0 Å². The lowest BCUT2D eigenvalue weighted by molar-refractivity contribution is -0.384. The Morgan fingerprint density at radius 3 is 2.54 bits per heavy atom. The van der Waals surface area contributed by atoms with E-state index in [0.717, 1.165) is 23.5 Å². The summed E-state index contributed by atoms with van der Waals surface area (Å²) in [6, 6.07) is 3.41. The van der Waals surface area contributed by atoms with Gasteiger partial charge in [0.25, 0.3) is 17.5 Å². The van der Waals surface area contributed by atoms with Gasteiger partial charge in [-0.15, -0.1) is 0 Å². The van der Waals surface area contributed by atoms with Crippen molar-refractivity contribution in [2.75, 3.05) is 19.7 Å². The predicted molar refractivity (Wildman–Crippen MR) is 82.4 cm³/mol. The van der Waals surface area contributed by atoms with E-state index in [1.807, 2.05) is 0 Å². The molecular formula is C15H17N3O6. The smallest absolute Gasteiger partial charge is 0.270 e. The first-order valence-corrected chi connectivity index (χ1v) is 7.48. The number of aliphatic hydroxyl groups excluding tert-OH is 1. The molecule has 0 atom stereocenters. The number of nitrogens with zero attached hydrogens (tertiary/aromatic N) is 2. The van der Waals surface area contributed by atoms with E-state index in [1.165, 1.54) is 6.07 Å². The topological polar surface area (TPSA) is 130 Å². The van der Waals surface area contributed by atoms with Gasteiger partial charge in [-0.2, -0.15) is 0 Å². The Morgan fingerprint density at radius 2 is 1.88 bits per heavy atom. The molecule has 9 heteroatoms. The van der Waals surface area contributed by atoms with E-state index in [4.69, 9.17) is 5.11 Å². The molecule has 1 aromatic carbocycles. The molecule has 9 nitrogen and oxygen atoms in total. The number of nitro groups is 1. The van der Waals surface area contributed by atoms with Crippen LogP contribution in [0, 0.1) is 10.1 Å². The number of unbranched alkanes of at least 4 members (excludes halogenated alkanes) is 2. The van der Waals surface area contributed by atoms with Gasteiger partial charge in [0.15, 0.2) is 0 Å². The SMILES string of the molecule is O=C(CN1C(=O)c2ccc([N+](=O)[O-])cc2C1=O)NCCCCCO. The molecule has 0 unspecified atom stereocenters. The van der Waals surface area contributed by atoms with Crippen molar-refractivity contribution in [3.8, 4) is 0 Å². The zero-order chi connectivity index (χ0) is 17.7. The minimum atomic E-state index is -0.714. The van der Waals surface area contributed by atoms with E-state index >= 15 is 0 Å². The van der Waals surface area contributed by atoms with Crippen molar-refractivity contribution in [2.24, 2.45) is 0 Å². The molecule has 0 radical (unpaired) electrons. The number of nitrogens with one attached hydrogen (secondary N) is 1. The Kier molecular flexibility index (Phi) is 5.59. The number of rotatable bonds is 8. The first-order valence-electron chi connectivity index (χ1n) is 7.48. The van der Waals surface area contributed by atoms with E-state index < -0.39 is 29.2 Å². The van der Waals surface area contributed by atoms with Crippen LogP contribution in [-0.4, -0.2) is 52.3 Å². The van der Waals surface area contributed by atoms with Crippen LogP contribution < -0.4 is 5.32 Å². The van der Waals surface area contributed by atoms with Gasteiger partial charge in [-0.3, -0.25) is 29.4 Å². The Labute approximate surface area is 137 Å². The third kappa shape index (κ3) is 3.74. The summed E-state index contributed by atoms with van der Waals surface area (Å²) in [5.74, 6) is -1.84. The van der Waals surface area contributed by atoms with E-state index in [2.05, 4.69) is 5.32 Å². The Hall–Kier alpha value is -2.81. The Bertz CT molecular complexity index is 688. The third-order valence-corrected chi connectivity index (χ3v) is 3.62. The highest BCUT2D eigenvalue weighted by atomic mass is 16.6. The normalized spacial score (nSPS) is 13.1. The number of imide groups is 1.